The highest BCUT2D eigenvalue weighted by Gasteiger charge is 2.33. The Morgan fingerprint density at radius 3 is 2.44 bits per heavy atom. The topological polar surface area (TPSA) is 71.9 Å². The van der Waals surface area contributed by atoms with Gasteiger partial charge in [-0.3, -0.25) is 4.79 Å². The van der Waals surface area contributed by atoms with E-state index in [1.54, 1.807) is 30.1 Å². The first-order valence-electron chi connectivity index (χ1n) is 13.7. The molecule has 3 heterocycles. The second kappa shape index (κ2) is 9.99. The van der Waals surface area contributed by atoms with E-state index in [0.29, 0.717) is 49.7 Å². The van der Waals surface area contributed by atoms with E-state index in [-0.39, 0.29) is 10.8 Å². The van der Waals surface area contributed by atoms with Crippen LogP contribution in [0.15, 0.2) is 96.0 Å². The van der Waals surface area contributed by atoms with Gasteiger partial charge in [0.2, 0.25) is 10.0 Å². The maximum absolute atomic E-state index is 13.5. The van der Waals surface area contributed by atoms with Crippen molar-refractivity contribution in [2.75, 3.05) is 38.3 Å². The number of hydrogen-bond donors (Lipinski definition) is 0. The third kappa shape index (κ3) is 4.35. The minimum absolute atomic E-state index is 0.160. The van der Waals surface area contributed by atoms with Crippen LogP contribution in [-0.2, 0) is 26.1 Å². The molecule has 7 rings (SSSR count). The van der Waals surface area contributed by atoms with Gasteiger partial charge in [-0.05, 0) is 46.7 Å². The molecule has 1 amide bonds. The third-order valence-corrected chi connectivity index (χ3v) is 10.00. The summed E-state index contributed by atoms with van der Waals surface area (Å²) >= 11 is 0. The molecule has 0 atom stereocenters. The lowest BCUT2D eigenvalue weighted by molar-refractivity contribution is -0.112. The zero-order valence-electron chi connectivity index (χ0n) is 22.7. The molecule has 1 fully saturated rings. The molecule has 0 radical (unpaired) electrons. The van der Waals surface area contributed by atoms with Crippen molar-refractivity contribution in [2.24, 2.45) is 0 Å². The lowest BCUT2D eigenvalue weighted by atomic mass is 10.0. The van der Waals surface area contributed by atoms with Crippen molar-refractivity contribution in [1.82, 2.24) is 8.87 Å². The van der Waals surface area contributed by atoms with Gasteiger partial charge in [-0.15, -0.1) is 0 Å². The molecular weight excluding hydrogens is 534 g/mol. The van der Waals surface area contributed by atoms with Crippen LogP contribution in [0.4, 0.5) is 5.69 Å². The second-order valence-corrected chi connectivity index (χ2v) is 12.4. The Kier molecular flexibility index (Phi) is 6.27. The largest absolute Gasteiger partial charge is 0.379 e. The van der Waals surface area contributed by atoms with Gasteiger partial charge in [-0.1, -0.05) is 60.7 Å². The summed E-state index contributed by atoms with van der Waals surface area (Å²) in [5, 5.41) is 3.44. The van der Waals surface area contributed by atoms with Gasteiger partial charge in [0.25, 0.3) is 5.91 Å². The number of rotatable bonds is 5. The average Bonchev–Trinajstić information content (AvgIpc) is 3.47. The van der Waals surface area contributed by atoms with E-state index in [0.717, 1.165) is 16.5 Å². The first kappa shape index (κ1) is 25.7. The molecule has 0 unspecified atom stereocenters. The maximum atomic E-state index is 13.5. The Hall–Kier alpha value is -4.24. The zero-order chi connectivity index (χ0) is 28.1. The first-order chi connectivity index (χ1) is 19.9. The fourth-order valence-electron chi connectivity index (χ4n) is 5.96. The Bertz CT molecular complexity index is 1960. The van der Waals surface area contributed by atoms with Gasteiger partial charge < -0.3 is 14.2 Å². The van der Waals surface area contributed by atoms with E-state index < -0.39 is 10.0 Å². The molecule has 0 aliphatic carbocycles. The number of carbonyl (C=O) groups is 1. The van der Waals surface area contributed by atoms with Crippen LogP contribution in [-0.4, -0.2) is 56.5 Å². The SMILES string of the molecule is CN1C(=O)C(=Cc2cn(Cc3cccc4ccccc34)c3ccccc23)c2cc(S(=O)(=O)N3CCOCC3)ccc21. The van der Waals surface area contributed by atoms with Gasteiger partial charge in [0.05, 0.1) is 23.8 Å². The molecular formula is C33H29N3O4S. The molecule has 206 valence electrons. The van der Waals surface area contributed by atoms with Crippen LogP contribution in [0.25, 0.3) is 33.3 Å². The predicted octanol–water partition coefficient (Wildman–Crippen LogP) is 5.38. The van der Waals surface area contributed by atoms with Gasteiger partial charge in [0.1, 0.15) is 0 Å². The molecule has 4 aromatic carbocycles. The Morgan fingerprint density at radius 1 is 0.878 bits per heavy atom. The van der Waals surface area contributed by atoms with Crippen molar-refractivity contribution in [2.45, 2.75) is 11.4 Å². The number of anilines is 1. The molecule has 7 nitrogen and oxygen atoms in total. The van der Waals surface area contributed by atoms with E-state index >= 15 is 0 Å². The van der Waals surface area contributed by atoms with Crippen molar-refractivity contribution in [3.63, 3.8) is 0 Å². The lowest BCUT2D eigenvalue weighted by Crippen LogP contribution is -2.40. The van der Waals surface area contributed by atoms with Gasteiger partial charge in [0.15, 0.2) is 0 Å². The minimum atomic E-state index is -3.71. The van der Waals surface area contributed by atoms with Crippen molar-refractivity contribution in [3.05, 3.63) is 108 Å². The molecule has 2 aliphatic heterocycles. The Balaban J connectivity index is 1.32. The van der Waals surface area contributed by atoms with Crippen molar-refractivity contribution < 1.29 is 17.9 Å². The summed E-state index contributed by atoms with van der Waals surface area (Å²) in [6.07, 6.45) is 3.98. The zero-order valence-corrected chi connectivity index (χ0v) is 23.5. The number of likely N-dealkylation sites (N-methyl/N-ethyl adjacent to an activating group) is 1. The number of amides is 1. The smallest absolute Gasteiger partial charge is 0.258 e. The number of fused-ring (bicyclic) bond motifs is 3. The number of hydrogen-bond acceptors (Lipinski definition) is 4. The molecule has 1 saturated heterocycles. The van der Waals surface area contributed by atoms with Gasteiger partial charge >= 0.3 is 0 Å². The van der Waals surface area contributed by atoms with E-state index in [1.165, 1.54) is 20.6 Å². The summed E-state index contributed by atoms with van der Waals surface area (Å²) in [5.41, 5.74) is 4.99. The number of morpholine rings is 1. The molecule has 0 spiro atoms. The standard InChI is InChI=1S/C33H29N3O4S/c1-34-31-14-13-26(41(38,39)36-15-17-40-18-16-36)20-29(31)30(33(34)37)19-25-22-35(32-12-5-4-11-28(25)32)21-24-9-6-8-23-7-2-3-10-27(23)24/h2-14,19-20,22H,15-18,21H2,1H3. The Morgan fingerprint density at radius 2 is 1.61 bits per heavy atom. The van der Waals surface area contributed by atoms with Crippen LogP contribution in [0.5, 0.6) is 0 Å². The van der Waals surface area contributed by atoms with E-state index in [1.807, 2.05) is 24.3 Å². The molecule has 2 aliphatic rings. The summed E-state index contributed by atoms with van der Waals surface area (Å²) in [5.74, 6) is -0.160. The maximum Gasteiger partial charge on any atom is 0.258 e. The highest BCUT2D eigenvalue weighted by atomic mass is 32.2. The number of para-hydroxylation sites is 1. The van der Waals surface area contributed by atoms with Crippen LogP contribution in [0, 0.1) is 0 Å². The van der Waals surface area contributed by atoms with Crippen molar-refractivity contribution in [1.29, 1.82) is 0 Å². The molecule has 8 heteroatoms. The van der Waals surface area contributed by atoms with Gasteiger partial charge in [0, 0.05) is 60.5 Å². The van der Waals surface area contributed by atoms with Crippen LogP contribution in [0.3, 0.4) is 0 Å². The number of ether oxygens (including phenoxy) is 1. The molecule has 41 heavy (non-hydrogen) atoms. The van der Waals surface area contributed by atoms with E-state index in [2.05, 4.69) is 59.3 Å². The number of carbonyl (C=O) groups excluding carboxylic acids is 1. The molecule has 0 N–H and O–H groups in total. The van der Waals surface area contributed by atoms with Crippen molar-refractivity contribution in [3.8, 4) is 0 Å². The van der Waals surface area contributed by atoms with Gasteiger partial charge in [-0.2, -0.15) is 4.31 Å². The number of sulfonamides is 1. The normalized spacial score (nSPS) is 17.1. The highest BCUT2D eigenvalue weighted by Crippen LogP contribution is 2.40. The molecule has 0 saturated carbocycles. The monoisotopic (exact) mass is 563 g/mol. The number of benzene rings is 4. The summed E-state index contributed by atoms with van der Waals surface area (Å²) in [7, 11) is -1.98. The summed E-state index contributed by atoms with van der Waals surface area (Å²) < 4.78 is 35.8. The van der Waals surface area contributed by atoms with Crippen LogP contribution in [0.1, 0.15) is 16.7 Å². The quantitative estimate of drug-likeness (QED) is 0.269. The number of nitrogens with zero attached hydrogens (tertiary/aromatic N) is 3. The van der Waals surface area contributed by atoms with E-state index in [9.17, 15) is 13.2 Å². The van der Waals surface area contributed by atoms with E-state index in [4.69, 9.17) is 4.74 Å². The first-order valence-corrected chi connectivity index (χ1v) is 15.1. The predicted molar refractivity (Wildman–Crippen MR) is 162 cm³/mol. The summed E-state index contributed by atoms with van der Waals surface area (Å²) in [6, 6.07) is 27.8. The average molecular weight is 564 g/mol. The van der Waals surface area contributed by atoms with Crippen LogP contribution in [0.2, 0.25) is 0 Å². The molecule has 5 aromatic rings. The third-order valence-electron chi connectivity index (χ3n) is 8.10. The molecule has 0 bridgehead atoms. The van der Waals surface area contributed by atoms with Gasteiger partial charge in [-0.25, -0.2) is 8.42 Å². The van der Waals surface area contributed by atoms with Crippen LogP contribution >= 0.6 is 0 Å². The second-order valence-electron chi connectivity index (χ2n) is 10.5. The highest BCUT2D eigenvalue weighted by molar-refractivity contribution is 7.89. The summed E-state index contributed by atoms with van der Waals surface area (Å²) in [6.45, 7) is 2.06. The van der Waals surface area contributed by atoms with Crippen molar-refractivity contribution >= 4 is 54.9 Å². The number of aromatic nitrogens is 1. The van der Waals surface area contributed by atoms with Crippen LogP contribution < -0.4 is 4.90 Å². The fourth-order valence-corrected chi connectivity index (χ4v) is 7.39. The minimum Gasteiger partial charge on any atom is -0.379 e. The fraction of sp³-hybridized carbons (Fsp3) is 0.182. The Labute approximate surface area is 238 Å². The molecule has 1 aromatic heterocycles. The lowest BCUT2D eigenvalue weighted by Gasteiger charge is -2.26. The summed E-state index contributed by atoms with van der Waals surface area (Å²) in [4.78, 5) is 15.3.